The molecule has 3 heterocycles. The van der Waals surface area contributed by atoms with Crippen molar-refractivity contribution in [2.75, 3.05) is 6.54 Å². The van der Waals surface area contributed by atoms with Gasteiger partial charge in [0.1, 0.15) is 12.0 Å². The van der Waals surface area contributed by atoms with Crippen LogP contribution in [-0.2, 0) is 0 Å². The van der Waals surface area contributed by atoms with Crippen LogP contribution in [-0.4, -0.2) is 29.9 Å². The van der Waals surface area contributed by atoms with Gasteiger partial charge in [-0.3, -0.25) is 9.79 Å². The quantitative estimate of drug-likeness (QED) is 0.944. The van der Waals surface area contributed by atoms with Gasteiger partial charge in [-0.15, -0.1) is 11.3 Å². The van der Waals surface area contributed by atoms with Crippen molar-refractivity contribution in [2.45, 2.75) is 19.4 Å². The Morgan fingerprint density at radius 3 is 3.10 bits per heavy atom. The van der Waals surface area contributed by atoms with Crippen molar-refractivity contribution in [1.82, 2.24) is 10.5 Å². The molecule has 1 aliphatic heterocycles. The molecule has 0 saturated heterocycles. The molecule has 3 rings (SSSR count). The van der Waals surface area contributed by atoms with Gasteiger partial charge in [0.15, 0.2) is 0 Å². The predicted molar refractivity (Wildman–Crippen MR) is 78.2 cm³/mol. The van der Waals surface area contributed by atoms with E-state index >= 15 is 0 Å². The zero-order valence-electron chi connectivity index (χ0n) is 11.1. The van der Waals surface area contributed by atoms with Crippen LogP contribution in [0.1, 0.15) is 23.0 Å². The number of amides is 1. The molecule has 0 saturated carbocycles. The van der Waals surface area contributed by atoms with Crippen LogP contribution in [0, 0.1) is 5.92 Å². The average Bonchev–Trinajstić information content (AvgIpc) is 3.11. The van der Waals surface area contributed by atoms with Crippen LogP contribution in [0.2, 0.25) is 0 Å². The Balaban J connectivity index is 1.70. The molecule has 2 aromatic rings. The van der Waals surface area contributed by atoms with E-state index in [-0.39, 0.29) is 11.9 Å². The lowest BCUT2D eigenvalue weighted by Gasteiger charge is -2.25. The number of carbonyl (C=O) groups is 1. The third kappa shape index (κ3) is 2.65. The van der Waals surface area contributed by atoms with Crippen molar-refractivity contribution in [3.05, 3.63) is 29.3 Å². The maximum atomic E-state index is 12.2. The van der Waals surface area contributed by atoms with E-state index in [1.807, 2.05) is 18.3 Å². The number of hydrogen-bond acceptors (Lipinski definition) is 5. The molecule has 2 atom stereocenters. The largest absolute Gasteiger partial charge is 0.364 e. The molecule has 0 bridgehead atoms. The molecule has 1 aliphatic rings. The molecule has 0 aliphatic carbocycles. The van der Waals surface area contributed by atoms with Crippen LogP contribution in [0.5, 0.6) is 0 Å². The Labute approximate surface area is 120 Å². The van der Waals surface area contributed by atoms with E-state index < -0.39 is 0 Å². The van der Waals surface area contributed by atoms with Gasteiger partial charge >= 0.3 is 0 Å². The highest BCUT2D eigenvalue weighted by molar-refractivity contribution is 7.17. The highest BCUT2D eigenvalue weighted by Gasteiger charge is 2.22. The van der Waals surface area contributed by atoms with Crippen LogP contribution < -0.4 is 5.32 Å². The van der Waals surface area contributed by atoms with Crippen LogP contribution >= 0.6 is 11.3 Å². The maximum absolute atomic E-state index is 12.2. The van der Waals surface area contributed by atoms with E-state index in [9.17, 15) is 4.79 Å². The lowest BCUT2D eigenvalue weighted by atomic mass is 9.96. The molecule has 0 aromatic carbocycles. The Morgan fingerprint density at radius 1 is 1.45 bits per heavy atom. The summed E-state index contributed by atoms with van der Waals surface area (Å²) in [6, 6.07) is 5.61. The minimum atomic E-state index is -0.0429. The summed E-state index contributed by atoms with van der Waals surface area (Å²) < 4.78 is 4.81. The van der Waals surface area contributed by atoms with Crippen LogP contribution in [0.4, 0.5) is 0 Å². The van der Waals surface area contributed by atoms with Gasteiger partial charge in [0.05, 0.1) is 22.3 Å². The first-order valence-corrected chi connectivity index (χ1v) is 7.35. The van der Waals surface area contributed by atoms with Crippen LogP contribution in [0.3, 0.4) is 0 Å². The molecule has 2 aromatic heterocycles. The lowest BCUT2D eigenvalue weighted by molar-refractivity contribution is 0.0929. The molecular weight excluding hydrogens is 274 g/mol. The average molecular weight is 289 g/mol. The number of nitrogens with one attached hydrogen (secondary N) is 1. The fraction of sp³-hybridized carbons (Fsp3) is 0.357. The van der Waals surface area contributed by atoms with Crippen molar-refractivity contribution < 1.29 is 9.32 Å². The van der Waals surface area contributed by atoms with Gasteiger partial charge < -0.3 is 9.84 Å². The third-order valence-corrected chi connectivity index (χ3v) is 4.54. The van der Waals surface area contributed by atoms with E-state index in [0.717, 1.165) is 17.0 Å². The maximum Gasteiger partial charge on any atom is 0.261 e. The first-order valence-electron chi connectivity index (χ1n) is 6.54. The van der Waals surface area contributed by atoms with Crippen molar-refractivity contribution in [1.29, 1.82) is 0 Å². The van der Waals surface area contributed by atoms with Crippen molar-refractivity contribution in [3.8, 4) is 10.6 Å². The van der Waals surface area contributed by atoms with E-state index in [0.29, 0.717) is 17.3 Å². The van der Waals surface area contributed by atoms with E-state index in [4.69, 9.17) is 4.52 Å². The SMILES string of the molecule is CC1CC=NCC1NC(=O)c1ccc(-c2ccon2)s1. The fourth-order valence-corrected chi connectivity index (χ4v) is 3.01. The molecule has 0 fully saturated rings. The highest BCUT2D eigenvalue weighted by Crippen LogP contribution is 2.26. The summed E-state index contributed by atoms with van der Waals surface area (Å²) in [7, 11) is 0. The minimum absolute atomic E-state index is 0.0429. The second-order valence-corrected chi connectivity index (χ2v) is 5.97. The van der Waals surface area contributed by atoms with E-state index in [1.165, 1.54) is 17.6 Å². The van der Waals surface area contributed by atoms with Gasteiger partial charge in [0, 0.05) is 6.07 Å². The number of thiophene rings is 1. The zero-order chi connectivity index (χ0) is 13.9. The second kappa shape index (κ2) is 5.58. The molecule has 1 amide bonds. The van der Waals surface area contributed by atoms with Gasteiger partial charge in [-0.1, -0.05) is 12.1 Å². The monoisotopic (exact) mass is 289 g/mol. The fourth-order valence-electron chi connectivity index (χ4n) is 2.14. The molecule has 0 radical (unpaired) electrons. The summed E-state index contributed by atoms with van der Waals surface area (Å²) in [5.74, 6) is 0.380. The molecule has 0 spiro atoms. The Hall–Kier alpha value is -1.95. The molecular formula is C14H15N3O2S. The number of rotatable bonds is 3. The van der Waals surface area contributed by atoms with Gasteiger partial charge in [0.25, 0.3) is 5.91 Å². The predicted octanol–water partition coefficient (Wildman–Crippen LogP) is 2.61. The minimum Gasteiger partial charge on any atom is -0.364 e. The summed E-state index contributed by atoms with van der Waals surface area (Å²) in [6.07, 6.45) is 4.37. The summed E-state index contributed by atoms with van der Waals surface area (Å²) in [5.41, 5.74) is 0.754. The normalized spacial score (nSPS) is 21.9. The van der Waals surface area contributed by atoms with Gasteiger partial charge in [-0.2, -0.15) is 0 Å². The van der Waals surface area contributed by atoms with Gasteiger partial charge in [0.2, 0.25) is 0 Å². The molecule has 5 nitrogen and oxygen atoms in total. The number of nitrogens with zero attached hydrogens (tertiary/aromatic N) is 2. The Bertz CT molecular complexity index is 618. The molecule has 104 valence electrons. The topological polar surface area (TPSA) is 67.5 Å². The van der Waals surface area contributed by atoms with E-state index in [2.05, 4.69) is 22.4 Å². The number of hydrogen-bond donors (Lipinski definition) is 1. The third-order valence-electron chi connectivity index (χ3n) is 3.43. The smallest absolute Gasteiger partial charge is 0.261 e. The molecule has 20 heavy (non-hydrogen) atoms. The second-order valence-electron chi connectivity index (χ2n) is 4.89. The van der Waals surface area contributed by atoms with Gasteiger partial charge in [-0.05, 0) is 30.7 Å². The first-order chi connectivity index (χ1) is 9.74. The highest BCUT2D eigenvalue weighted by atomic mass is 32.1. The van der Waals surface area contributed by atoms with Crippen LogP contribution in [0.15, 0.2) is 34.0 Å². The summed E-state index contributed by atoms with van der Waals surface area (Å²) in [6.45, 7) is 2.79. The number of aliphatic imine (C=N–C) groups is 1. The zero-order valence-corrected chi connectivity index (χ0v) is 11.9. The number of aromatic nitrogens is 1. The summed E-state index contributed by atoms with van der Waals surface area (Å²) in [5, 5.41) is 6.93. The molecule has 2 unspecified atom stereocenters. The Kier molecular flexibility index (Phi) is 3.64. The standard InChI is InChI=1S/C14H15N3O2S/c1-9-4-6-15-8-11(9)16-14(18)13-3-2-12(20-13)10-5-7-19-17-10/h2-3,5-7,9,11H,4,8H2,1H3,(H,16,18). The van der Waals surface area contributed by atoms with Gasteiger partial charge in [-0.25, -0.2) is 0 Å². The first kappa shape index (κ1) is 13.1. The molecule has 6 heteroatoms. The van der Waals surface area contributed by atoms with E-state index in [1.54, 1.807) is 6.07 Å². The van der Waals surface area contributed by atoms with Crippen molar-refractivity contribution in [3.63, 3.8) is 0 Å². The van der Waals surface area contributed by atoms with Crippen LogP contribution in [0.25, 0.3) is 10.6 Å². The van der Waals surface area contributed by atoms with Crippen molar-refractivity contribution in [2.24, 2.45) is 10.9 Å². The molecule has 1 N–H and O–H groups in total. The van der Waals surface area contributed by atoms with Crippen molar-refractivity contribution >= 4 is 23.5 Å². The summed E-state index contributed by atoms with van der Waals surface area (Å²) in [4.78, 5) is 18.1. The Morgan fingerprint density at radius 2 is 2.35 bits per heavy atom. The number of carbonyl (C=O) groups excluding carboxylic acids is 1. The summed E-state index contributed by atoms with van der Waals surface area (Å²) >= 11 is 1.42. The lowest BCUT2D eigenvalue weighted by Crippen LogP contribution is -2.42.